The summed E-state index contributed by atoms with van der Waals surface area (Å²) in [5.74, 6) is -0.427. The van der Waals surface area contributed by atoms with Gasteiger partial charge in [0.15, 0.2) is 11.5 Å². The van der Waals surface area contributed by atoms with Crippen LogP contribution in [-0.4, -0.2) is 50.5 Å². The van der Waals surface area contributed by atoms with Crippen molar-refractivity contribution in [1.29, 1.82) is 0 Å². The summed E-state index contributed by atoms with van der Waals surface area (Å²) in [4.78, 5) is 37.9. The standard InChI is InChI=1S/C26H33NO8/c1-7-33-26(30)19-14-27-20(15(2)3)11-17-12-22(34-10-8-9-31-5)21(32-6)13-18(17)23(27)25(24(19)29)35-16(4)28/h12-15,20H,7-11H2,1-6H3. The van der Waals surface area contributed by atoms with Crippen LogP contribution in [0.2, 0.25) is 0 Å². The largest absolute Gasteiger partial charge is 0.493 e. The third-order valence-electron chi connectivity index (χ3n) is 5.88. The van der Waals surface area contributed by atoms with Gasteiger partial charge >= 0.3 is 11.9 Å². The Morgan fingerprint density at radius 3 is 2.49 bits per heavy atom. The lowest BCUT2D eigenvalue weighted by Gasteiger charge is -2.34. The van der Waals surface area contributed by atoms with Crippen molar-refractivity contribution in [2.75, 3.05) is 34.0 Å². The quantitative estimate of drug-likeness (QED) is 0.368. The number of aromatic nitrogens is 1. The molecule has 1 unspecified atom stereocenters. The van der Waals surface area contributed by atoms with E-state index in [1.807, 2.05) is 10.6 Å². The fourth-order valence-electron chi connectivity index (χ4n) is 4.25. The van der Waals surface area contributed by atoms with Crippen LogP contribution >= 0.6 is 0 Å². The lowest BCUT2D eigenvalue weighted by Crippen LogP contribution is -2.31. The van der Waals surface area contributed by atoms with E-state index in [9.17, 15) is 14.4 Å². The summed E-state index contributed by atoms with van der Waals surface area (Å²) in [6.45, 7) is 8.13. The van der Waals surface area contributed by atoms with Crippen LogP contribution in [0.4, 0.5) is 0 Å². The van der Waals surface area contributed by atoms with Crippen molar-refractivity contribution in [2.24, 2.45) is 5.92 Å². The fraction of sp³-hybridized carbons (Fsp3) is 0.500. The summed E-state index contributed by atoms with van der Waals surface area (Å²) in [5, 5.41) is 0. The summed E-state index contributed by atoms with van der Waals surface area (Å²) in [6, 6.07) is 3.57. The molecule has 0 saturated carbocycles. The van der Waals surface area contributed by atoms with Gasteiger partial charge in [0, 0.05) is 44.9 Å². The molecule has 9 heteroatoms. The number of nitrogens with zero attached hydrogens (tertiary/aromatic N) is 1. The normalized spacial score (nSPS) is 14.2. The second-order valence-corrected chi connectivity index (χ2v) is 8.64. The predicted molar refractivity (Wildman–Crippen MR) is 130 cm³/mol. The van der Waals surface area contributed by atoms with Crippen molar-refractivity contribution < 1.29 is 33.3 Å². The Labute approximate surface area is 204 Å². The van der Waals surface area contributed by atoms with E-state index in [2.05, 4.69) is 13.8 Å². The first-order valence-corrected chi connectivity index (χ1v) is 11.7. The number of fused-ring (bicyclic) bond motifs is 3. The van der Waals surface area contributed by atoms with Gasteiger partial charge in [0.05, 0.1) is 26.0 Å². The molecule has 1 atom stereocenters. The Bertz CT molecular complexity index is 1150. The summed E-state index contributed by atoms with van der Waals surface area (Å²) in [7, 11) is 3.17. The molecule has 1 aromatic heterocycles. The molecular weight excluding hydrogens is 454 g/mol. The summed E-state index contributed by atoms with van der Waals surface area (Å²) in [5.41, 5.74) is 1.14. The first-order chi connectivity index (χ1) is 16.7. The Morgan fingerprint density at radius 1 is 1.14 bits per heavy atom. The maximum Gasteiger partial charge on any atom is 0.343 e. The summed E-state index contributed by atoms with van der Waals surface area (Å²) in [6.07, 6.45) is 2.85. The number of carbonyl (C=O) groups excluding carboxylic acids is 2. The zero-order valence-electron chi connectivity index (χ0n) is 21.1. The predicted octanol–water partition coefficient (Wildman–Crippen LogP) is 3.79. The number of hydrogen-bond acceptors (Lipinski definition) is 8. The number of benzene rings is 1. The molecule has 2 aromatic rings. The van der Waals surface area contributed by atoms with Crippen LogP contribution < -0.4 is 19.6 Å². The average molecular weight is 488 g/mol. The van der Waals surface area contributed by atoms with Crippen LogP contribution in [0, 0.1) is 5.92 Å². The third-order valence-corrected chi connectivity index (χ3v) is 5.88. The van der Waals surface area contributed by atoms with Gasteiger partial charge < -0.3 is 28.3 Å². The minimum absolute atomic E-state index is 0.115. The van der Waals surface area contributed by atoms with Gasteiger partial charge in [-0.1, -0.05) is 13.8 Å². The topological polar surface area (TPSA) is 102 Å². The summed E-state index contributed by atoms with van der Waals surface area (Å²) < 4.78 is 29.0. The second kappa shape index (κ2) is 11.4. The Kier molecular flexibility index (Phi) is 8.56. The Hall–Kier alpha value is -3.33. The number of methoxy groups -OCH3 is 2. The zero-order chi connectivity index (χ0) is 25.7. The van der Waals surface area contributed by atoms with Crippen molar-refractivity contribution in [1.82, 2.24) is 4.57 Å². The van der Waals surface area contributed by atoms with E-state index in [0.717, 1.165) is 12.0 Å². The SMILES string of the molecule is CCOC(=O)c1cn2c(c(OC(C)=O)c1=O)-c1cc(OC)c(OCCCOC)cc1CC2C(C)C. The number of hydrogen-bond donors (Lipinski definition) is 0. The maximum absolute atomic E-state index is 13.3. The lowest BCUT2D eigenvalue weighted by atomic mass is 9.86. The van der Waals surface area contributed by atoms with E-state index in [1.54, 1.807) is 20.1 Å². The van der Waals surface area contributed by atoms with Crippen molar-refractivity contribution in [3.63, 3.8) is 0 Å². The lowest BCUT2D eigenvalue weighted by molar-refractivity contribution is -0.131. The van der Waals surface area contributed by atoms with Crippen molar-refractivity contribution in [3.05, 3.63) is 39.7 Å². The highest BCUT2D eigenvalue weighted by atomic mass is 16.5. The number of rotatable bonds is 10. The molecule has 0 amide bonds. The molecule has 0 radical (unpaired) electrons. The van der Waals surface area contributed by atoms with Crippen LogP contribution in [0.5, 0.6) is 17.2 Å². The van der Waals surface area contributed by atoms with E-state index in [4.69, 9.17) is 23.7 Å². The minimum atomic E-state index is -0.758. The smallest absolute Gasteiger partial charge is 0.343 e. The van der Waals surface area contributed by atoms with Crippen molar-refractivity contribution >= 4 is 11.9 Å². The van der Waals surface area contributed by atoms with Gasteiger partial charge in [-0.25, -0.2) is 4.79 Å². The van der Waals surface area contributed by atoms with Gasteiger partial charge in [-0.15, -0.1) is 0 Å². The molecule has 35 heavy (non-hydrogen) atoms. The van der Waals surface area contributed by atoms with Gasteiger partial charge in [0.2, 0.25) is 11.2 Å². The second-order valence-electron chi connectivity index (χ2n) is 8.64. The molecule has 1 aliphatic heterocycles. The average Bonchev–Trinajstić information content (AvgIpc) is 2.81. The first-order valence-electron chi connectivity index (χ1n) is 11.7. The van der Waals surface area contributed by atoms with Crippen LogP contribution in [-0.2, 0) is 20.7 Å². The van der Waals surface area contributed by atoms with Crippen molar-refractivity contribution in [3.8, 4) is 28.5 Å². The van der Waals surface area contributed by atoms with Gasteiger partial charge in [-0.05, 0) is 37.0 Å². The zero-order valence-corrected chi connectivity index (χ0v) is 21.1. The highest BCUT2D eigenvalue weighted by Crippen LogP contribution is 2.45. The molecule has 0 saturated heterocycles. The molecule has 0 spiro atoms. The number of esters is 2. The molecular formula is C26H33NO8. The molecule has 2 heterocycles. The molecule has 3 rings (SSSR count). The summed E-state index contributed by atoms with van der Waals surface area (Å²) >= 11 is 0. The van der Waals surface area contributed by atoms with E-state index < -0.39 is 17.4 Å². The van der Waals surface area contributed by atoms with Crippen molar-refractivity contribution in [2.45, 2.75) is 46.6 Å². The van der Waals surface area contributed by atoms with Crippen LogP contribution in [0.15, 0.2) is 23.1 Å². The third kappa shape index (κ3) is 5.51. The molecule has 1 aliphatic rings. The van der Waals surface area contributed by atoms with E-state index in [-0.39, 0.29) is 29.9 Å². The maximum atomic E-state index is 13.3. The van der Waals surface area contributed by atoms with Gasteiger partial charge in [-0.2, -0.15) is 0 Å². The highest BCUT2D eigenvalue weighted by molar-refractivity contribution is 5.91. The van der Waals surface area contributed by atoms with E-state index in [0.29, 0.717) is 42.4 Å². The highest BCUT2D eigenvalue weighted by Gasteiger charge is 2.34. The molecule has 9 nitrogen and oxygen atoms in total. The van der Waals surface area contributed by atoms with E-state index in [1.165, 1.54) is 20.2 Å². The molecule has 1 aromatic carbocycles. The number of pyridine rings is 1. The van der Waals surface area contributed by atoms with Gasteiger partial charge in [0.25, 0.3) is 0 Å². The van der Waals surface area contributed by atoms with Crippen LogP contribution in [0.25, 0.3) is 11.3 Å². The van der Waals surface area contributed by atoms with Gasteiger partial charge in [-0.3, -0.25) is 9.59 Å². The molecule has 0 N–H and O–H groups in total. The Morgan fingerprint density at radius 2 is 1.89 bits per heavy atom. The molecule has 0 fully saturated rings. The monoisotopic (exact) mass is 487 g/mol. The number of ether oxygens (including phenoxy) is 5. The van der Waals surface area contributed by atoms with E-state index >= 15 is 0 Å². The Balaban J connectivity index is 2.26. The van der Waals surface area contributed by atoms with Crippen LogP contribution in [0.3, 0.4) is 0 Å². The first kappa shape index (κ1) is 26.3. The van der Waals surface area contributed by atoms with Gasteiger partial charge in [0.1, 0.15) is 5.56 Å². The number of carbonyl (C=O) groups is 2. The van der Waals surface area contributed by atoms with Crippen LogP contribution in [0.1, 0.15) is 56.1 Å². The molecule has 0 bridgehead atoms. The molecule has 190 valence electrons. The molecule has 0 aliphatic carbocycles. The minimum Gasteiger partial charge on any atom is -0.493 e. The fourth-order valence-corrected chi connectivity index (χ4v) is 4.25.